The minimum atomic E-state index is -1.38. The first-order chi connectivity index (χ1) is 30.2. The van der Waals surface area contributed by atoms with Crippen molar-refractivity contribution in [2.45, 2.75) is 75.7 Å². The maximum Gasteiger partial charge on any atom is 0.243 e. The third kappa shape index (κ3) is 14.8. The van der Waals surface area contributed by atoms with Crippen molar-refractivity contribution in [3.63, 3.8) is 0 Å². The molecule has 0 bridgehead atoms. The first kappa shape index (κ1) is 46.4. The standard InChI is InChI=1S/C43H51N11O9/c1-25(55)47-22-37(57)50-31-13-14-36(56)46-16-15-32(42(62)52-33(39(44)59)19-27-11-12-28-9-5-6-10-29(28)17-27)51-38(58)23-48-40(60)34(18-26-7-3-2-4-8-26)53-43(63)35(54-41(31)61)20-30-21-45-24-49-30/h2-12,17,21,24,31-35H,13-16,18-20,22-23H2,1H3,(H2,44,59)(H,45,49)(H,46,56)(H,47,55)(H,48,60)(H,50,57)(H,51,58)(H,52,62)(H,53,63)(H,54,61)/t31-,32-,33+,34+,35-/m0/s1. The highest BCUT2D eigenvalue weighted by Gasteiger charge is 2.32. The van der Waals surface area contributed by atoms with Gasteiger partial charge in [0.05, 0.1) is 19.4 Å². The van der Waals surface area contributed by atoms with Gasteiger partial charge in [-0.2, -0.15) is 0 Å². The van der Waals surface area contributed by atoms with Crippen LogP contribution in [-0.4, -0.2) is 113 Å². The summed E-state index contributed by atoms with van der Waals surface area (Å²) < 4.78 is 0. The molecule has 332 valence electrons. The molecule has 0 unspecified atom stereocenters. The van der Waals surface area contributed by atoms with Crippen LogP contribution in [0.25, 0.3) is 10.8 Å². The minimum Gasteiger partial charge on any atom is -0.368 e. The number of amides is 9. The average molecular weight is 866 g/mol. The number of aromatic amines is 1. The molecule has 1 saturated heterocycles. The monoisotopic (exact) mass is 865 g/mol. The molecule has 9 amide bonds. The molecule has 4 aromatic rings. The third-order valence-corrected chi connectivity index (χ3v) is 10.1. The van der Waals surface area contributed by atoms with Crippen LogP contribution in [0, 0.1) is 0 Å². The van der Waals surface area contributed by atoms with E-state index in [4.69, 9.17) is 5.73 Å². The minimum absolute atomic E-state index is 0.0306. The topological polar surface area (TPSA) is 305 Å². The Bertz CT molecular complexity index is 2290. The number of fused-ring (bicyclic) bond motifs is 1. The molecule has 1 aromatic heterocycles. The van der Waals surface area contributed by atoms with Gasteiger partial charge >= 0.3 is 0 Å². The molecule has 20 heteroatoms. The molecule has 5 rings (SSSR count). The number of nitrogens with zero attached hydrogens (tertiary/aromatic N) is 1. The SMILES string of the molecule is CC(=O)NCC(=O)N[C@H]1CCC(=O)NCC[C@@H](C(=O)N[C@H](Cc2ccc3ccccc3c2)C(N)=O)NC(=O)CNC(=O)[C@@H](Cc2ccccc2)NC(=O)[C@H](Cc2cnc[nH]2)NC1=O. The summed E-state index contributed by atoms with van der Waals surface area (Å²) in [6.45, 7) is -0.0892. The molecule has 5 atom stereocenters. The van der Waals surface area contributed by atoms with Crippen LogP contribution in [0.4, 0.5) is 0 Å². The van der Waals surface area contributed by atoms with Gasteiger partial charge in [-0.15, -0.1) is 0 Å². The van der Waals surface area contributed by atoms with Crippen LogP contribution in [0.2, 0.25) is 0 Å². The molecule has 2 heterocycles. The van der Waals surface area contributed by atoms with Gasteiger partial charge in [0.25, 0.3) is 0 Å². The smallest absolute Gasteiger partial charge is 0.243 e. The molecule has 1 aliphatic rings. The summed E-state index contributed by atoms with van der Waals surface area (Å²) in [5, 5.41) is 22.3. The molecular weight excluding hydrogens is 815 g/mol. The first-order valence-electron chi connectivity index (χ1n) is 20.3. The van der Waals surface area contributed by atoms with Crippen LogP contribution >= 0.6 is 0 Å². The fourth-order valence-corrected chi connectivity index (χ4v) is 6.77. The van der Waals surface area contributed by atoms with Crippen molar-refractivity contribution < 1.29 is 43.2 Å². The van der Waals surface area contributed by atoms with E-state index in [0.29, 0.717) is 16.8 Å². The van der Waals surface area contributed by atoms with Gasteiger partial charge in [-0.1, -0.05) is 72.8 Å². The molecule has 63 heavy (non-hydrogen) atoms. The zero-order chi connectivity index (χ0) is 45.3. The summed E-state index contributed by atoms with van der Waals surface area (Å²) in [6, 6.07) is 15.3. The Labute approximate surface area is 362 Å². The number of nitrogens with two attached hydrogens (primary N) is 1. The van der Waals surface area contributed by atoms with Gasteiger partial charge in [0, 0.05) is 51.0 Å². The number of rotatable bonds is 12. The second kappa shape index (κ2) is 22.8. The summed E-state index contributed by atoms with van der Waals surface area (Å²) in [7, 11) is 0. The van der Waals surface area contributed by atoms with E-state index in [1.54, 1.807) is 36.4 Å². The molecular formula is C43H51N11O9. The number of carbonyl (C=O) groups is 9. The Morgan fingerprint density at radius 1 is 0.778 bits per heavy atom. The second-order valence-corrected chi connectivity index (χ2v) is 15.0. The van der Waals surface area contributed by atoms with Crippen molar-refractivity contribution in [1.82, 2.24) is 52.5 Å². The Kier molecular flexibility index (Phi) is 16.8. The van der Waals surface area contributed by atoms with Gasteiger partial charge < -0.3 is 53.3 Å². The normalized spacial score (nSPS) is 19.9. The number of hydrogen-bond acceptors (Lipinski definition) is 10. The van der Waals surface area contributed by atoms with Gasteiger partial charge in [0.1, 0.15) is 30.2 Å². The molecule has 1 fully saturated rings. The molecule has 3 aromatic carbocycles. The second-order valence-electron chi connectivity index (χ2n) is 15.0. The largest absolute Gasteiger partial charge is 0.368 e. The van der Waals surface area contributed by atoms with E-state index in [2.05, 4.69) is 52.5 Å². The van der Waals surface area contributed by atoms with Crippen molar-refractivity contribution in [3.8, 4) is 0 Å². The summed E-state index contributed by atoms with van der Waals surface area (Å²) in [5.41, 5.74) is 7.52. The van der Waals surface area contributed by atoms with Crippen molar-refractivity contribution in [2.75, 3.05) is 19.6 Å². The summed E-state index contributed by atoms with van der Waals surface area (Å²) >= 11 is 0. The van der Waals surface area contributed by atoms with E-state index in [0.717, 1.165) is 10.8 Å². The average Bonchev–Trinajstić information content (AvgIpc) is 3.78. The third-order valence-electron chi connectivity index (χ3n) is 10.1. The number of H-pyrrole nitrogens is 1. The molecule has 20 nitrogen and oxygen atoms in total. The molecule has 11 N–H and O–H groups in total. The van der Waals surface area contributed by atoms with Crippen molar-refractivity contribution in [1.29, 1.82) is 0 Å². The Balaban J connectivity index is 1.39. The van der Waals surface area contributed by atoms with E-state index in [9.17, 15) is 43.2 Å². The zero-order valence-electron chi connectivity index (χ0n) is 34.5. The summed E-state index contributed by atoms with van der Waals surface area (Å²) in [6.07, 6.45) is 1.90. The number of primary amides is 1. The molecule has 0 radical (unpaired) electrons. The quantitative estimate of drug-likeness (QED) is 0.0751. The van der Waals surface area contributed by atoms with Crippen LogP contribution < -0.4 is 48.3 Å². The lowest BCUT2D eigenvalue weighted by atomic mass is 10.0. The van der Waals surface area contributed by atoms with Gasteiger partial charge in [0.2, 0.25) is 53.2 Å². The number of nitrogens with one attached hydrogen (secondary N) is 9. The van der Waals surface area contributed by atoms with Crippen LogP contribution in [0.1, 0.15) is 43.0 Å². The van der Waals surface area contributed by atoms with Crippen LogP contribution in [0.3, 0.4) is 0 Å². The van der Waals surface area contributed by atoms with Crippen LogP contribution in [0.5, 0.6) is 0 Å². The highest BCUT2D eigenvalue weighted by Crippen LogP contribution is 2.17. The number of carbonyl (C=O) groups excluding carboxylic acids is 9. The van der Waals surface area contributed by atoms with Crippen LogP contribution in [-0.2, 0) is 62.4 Å². The summed E-state index contributed by atoms with van der Waals surface area (Å²) in [5.74, 6) is -6.70. The van der Waals surface area contributed by atoms with Gasteiger partial charge in [-0.05, 0) is 34.7 Å². The fourth-order valence-electron chi connectivity index (χ4n) is 6.77. The predicted octanol–water partition coefficient (Wildman–Crippen LogP) is -1.95. The maximum absolute atomic E-state index is 14.0. The highest BCUT2D eigenvalue weighted by atomic mass is 16.2. The van der Waals surface area contributed by atoms with E-state index < -0.39 is 96.5 Å². The van der Waals surface area contributed by atoms with Gasteiger partial charge in [-0.3, -0.25) is 43.2 Å². The van der Waals surface area contributed by atoms with Crippen molar-refractivity contribution in [3.05, 3.63) is 102 Å². The number of aromatic nitrogens is 2. The number of hydrogen-bond donors (Lipinski definition) is 10. The first-order valence-corrected chi connectivity index (χ1v) is 20.3. The van der Waals surface area contributed by atoms with E-state index in [1.165, 1.54) is 19.4 Å². The van der Waals surface area contributed by atoms with Crippen molar-refractivity contribution >= 4 is 63.9 Å². The Morgan fingerprint density at radius 3 is 2.21 bits per heavy atom. The molecule has 1 aliphatic heterocycles. The van der Waals surface area contributed by atoms with E-state index in [1.807, 2.05) is 36.4 Å². The lowest BCUT2D eigenvalue weighted by Crippen LogP contribution is -2.58. The lowest BCUT2D eigenvalue weighted by Gasteiger charge is -2.25. The van der Waals surface area contributed by atoms with Gasteiger partial charge in [0.15, 0.2) is 0 Å². The maximum atomic E-state index is 14.0. The molecule has 0 saturated carbocycles. The predicted molar refractivity (Wildman–Crippen MR) is 227 cm³/mol. The molecule has 0 aliphatic carbocycles. The van der Waals surface area contributed by atoms with E-state index >= 15 is 0 Å². The summed E-state index contributed by atoms with van der Waals surface area (Å²) in [4.78, 5) is 126. The Hall–Kier alpha value is -7.64. The molecule has 0 spiro atoms. The Morgan fingerprint density at radius 2 is 1.49 bits per heavy atom. The lowest BCUT2D eigenvalue weighted by molar-refractivity contribution is -0.134. The highest BCUT2D eigenvalue weighted by molar-refractivity contribution is 5.97. The van der Waals surface area contributed by atoms with Gasteiger partial charge in [-0.25, -0.2) is 4.98 Å². The fraction of sp³-hybridized carbons (Fsp3) is 0.349. The number of imidazole rings is 1. The van der Waals surface area contributed by atoms with E-state index in [-0.39, 0.29) is 45.1 Å². The number of benzene rings is 3. The zero-order valence-corrected chi connectivity index (χ0v) is 34.5. The van der Waals surface area contributed by atoms with Crippen LogP contribution in [0.15, 0.2) is 85.3 Å². The van der Waals surface area contributed by atoms with Crippen molar-refractivity contribution in [2.24, 2.45) is 5.73 Å².